The molecule has 2 aromatic carbocycles. The average molecular weight is 358 g/mol. The lowest BCUT2D eigenvalue weighted by Crippen LogP contribution is -2.02. The molecule has 4 nitrogen and oxygen atoms in total. The maximum absolute atomic E-state index is 10.0. The number of rotatable bonds is 1. The van der Waals surface area contributed by atoms with Crippen molar-refractivity contribution in [2.24, 2.45) is 0 Å². The second kappa shape index (κ2) is 6.65. The highest BCUT2D eigenvalue weighted by Gasteiger charge is 2.27. The summed E-state index contributed by atoms with van der Waals surface area (Å²) >= 11 is 0. The van der Waals surface area contributed by atoms with Gasteiger partial charge in [-0.15, -0.1) is 12.4 Å². The third kappa shape index (κ3) is 3.26. The molecule has 128 valence electrons. The van der Waals surface area contributed by atoms with Crippen LogP contribution < -0.4 is 0 Å². The number of fused-ring (bicyclic) bond motifs is 2. The Morgan fingerprint density at radius 3 is 2.44 bits per heavy atom. The van der Waals surface area contributed by atoms with Gasteiger partial charge in [0.25, 0.3) is 0 Å². The summed E-state index contributed by atoms with van der Waals surface area (Å²) in [6.07, 6.45) is 4.69. The van der Waals surface area contributed by atoms with E-state index in [9.17, 15) is 15.3 Å². The minimum atomic E-state index is 0. The van der Waals surface area contributed by atoms with Crippen LogP contribution in [0.5, 0.6) is 17.2 Å². The molecule has 0 bridgehead atoms. The summed E-state index contributed by atoms with van der Waals surface area (Å²) in [6.45, 7) is 0. The minimum absolute atomic E-state index is 0. The zero-order valence-corrected chi connectivity index (χ0v) is 14.2. The van der Waals surface area contributed by atoms with Gasteiger partial charge in [-0.25, -0.2) is 4.42 Å². The summed E-state index contributed by atoms with van der Waals surface area (Å²) in [7, 11) is 0. The normalized spacial score (nSPS) is 15.0. The molecular weight excluding hydrogens is 340 g/mol. The van der Waals surface area contributed by atoms with E-state index in [2.05, 4.69) is 6.07 Å². The van der Waals surface area contributed by atoms with E-state index in [-0.39, 0.29) is 29.7 Å². The lowest BCUT2D eigenvalue weighted by Gasteiger charge is -2.11. The summed E-state index contributed by atoms with van der Waals surface area (Å²) in [4.78, 5) is 0. The molecule has 0 saturated heterocycles. The first kappa shape index (κ1) is 17.1. The molecule has 25 heavy (non-hydrogen) atoms. The van der Waals surface area contributed by atoms with Gasteiger partial charge in [0.2, 0.25) is 0 Å². The molecule has 1 aromatic heterocycles. The summed E-state index contributed by atoms with van der Waals surface area (Å²) < 4.78 is 6.05. The number of hydrogen-bond donors (Lipinski definition) is 3. The summed E-state index contributed by atoms with van der Waals surface area (Å²) in [6, 6.07) is 11.8. The molecule has 0 spiro atoms. The Bertz CT molecular complexity index is 979. The highest BCUT2D eigenvalue weighted by molar-refractivity contribution is 5.87. The van der Waals surface area contributed by atoms with E-state index in [0.29, 0.717) is 11.1 Å². The second-order valence-corrected chi connectivity index (χ2v) is 6.09. The fourth-order valence-electron chi connectivity index (χ4n) is 3.18. The van der Waals surface area contributed by atoms with Crippen molar-refractivity contribution in [1.82, 2.24) is 0 Å². The van der Waals surface area contributed by atoms with Gasteiger partial charge < -0.3 is 15.3 Å². The Morgan fingerprint density at radius 1 is 0.880 bits per heavy atom. The smallest absolute Gasteiger partial charge is 0.364 e. The van der Waals surface area contributed by atoms with E-state index in [1.165, 1.54) is 6.07 Å². The summed E-state index contributed by atoms with van der Waals surface area (Å²) in [5.41, 5.74) is 3.41. The number of allylic oxidation sites excluding steroid dienone is 1. The monoisotopic (exact) mass is 357 g/mol. The van der Waals surface area contributed by atoms with E-state index in [4.69, 9.17) is 4.42 Å². The van der Waals surface area contributed by atoms with Crippen LogP contribution in [0.2, 0.25) is 0 Å². The largest absolute Gasteiger partial charge is 0.508 e. The van der Waals surface area contributed by atoms with E-state index >= 15 is 0 Å². The maximum atomic E-state index is 10.0. The summed E-state index contributed by atoms with van der Waals surface area (Å²) in [5.74, 6) is 1.04. The van der Waals surface area contributed by atoms with Gasteiger partial charge in [-0.1, -0.05) is 0 Å². The van der Waals surface area contributed by atoms with Gasteiger partial charge in [0.15, 0.2) is 0 Å². The van der Waals surface area contributed by atoms with Gasteiger partial charge >= 0.3 is 11.3 Å². The van der Waals surface area contributed by atoms with Crippen LogP contribution >= 0.6 is 12.4 Å². The molecule has 1 heterocycles. The topological polar surface area (TPSA) is 72.0 Å². The van der Waals surface area contributed by atoms with E-state index in [0.717, 1.165) is 41.5 Å². The molecule has 1 aliphatic rings. The number of aryl methyl sites for hydroxylation is 1. The fourth-order valence-corrected chi connectivity index (χ4v) is 3.18. The third-order valence-corrected chi connectivity index (χ3v) is 4.36. The number of phenols is 3. The molecule has 0 radical (unpaired) electrons. The second-order valence-electron chi connectivity index (χ2n) is 6.09. The zero-order valence-electron chi connectivity index (χ0n) is 13.4. The van der Waals surface area contributed by atoms with Crippen LogP contribution in [0.25, 0.3) is 22.6 Å². The van der Waals surface area contributed by atoms with Gasteiger partial charge in [-0.3, -0.25) is 0 Å². The Balaban J connectivity index is 0.00000182. The van der Waals surface area contributed by atoms with Crippen LogP contribution in [0.3, 0.4) is 0 Å². The van der Waals surface area contributed by atoms with Crippen LogP contribution in [-0.2, 0) is 6.42 Å². The standard InChI is InChI=1S/C20H16O4.ClH/c21-16-6-4-12(18(23)10-16)8-14-2-1-3-15-9-13-5-7-17(22)11-19(13)24-20(14)15;/h4-11H,1-3H2,(H2-,21,22,23);1H/p+1/b14-8+;. The van der Waals surface area contributed by atoms with Crippen LogP contribution in [-0.4, -0.2) is 15.3 Å². The van der Waals surface area contributed by atoms with Crippen molar-refractivity contribution in [3.05, 3.63) is 59.4 Å². The van der Waals surface area contributed by atoms with Crippen molar-refractivity contribution < 1.29 is 19.7 Å². The Labute approximate surface area is 151 Å². The summed E-state index contributed by atoms with van der Waals surface area (Å²) in [5, 5.41) is 30.1. The van der Waals surface area contributed by atoms with Gasteiger partial charge in [-0.2, -0.15) is 0 Å². The molecule has 0 amide bonds. The van der Waals surface area contributed by atoms with E-state index in [1.807, 2.05) is 12.1 Å². The van der Waals surface area contributed by atoms with Crippen LogP contribution in [0.4, 0.5) is 0 Å². The SMILES string of the molecule is Cl.Oc1ccc(/C=C2\CCCc3cc4ccc(O)cc4[o+]c32)c(O)c1. The highest BCUT2D eigenvalue weighted by atomic mass is 35.5. The molecule has 1 aliphatic carbocycles. The predicted molar refractivity (Wildman–Crippen MR) is 100 cm³/mol. The number of hydrogen-bond acceptors (Lipinski definition) is 3. The molecule has 0 atom stereocenters. The van der Waals surface area contributed by atoms with Crippen molar-refractivity contribution in [2.45, 2.75) is 19.3 Å². The van der Waals surface area contributed by atoms with Gasteiger partial charge in [0.1, 0.15) is 17.2 Å². The van der Waals surface area contributed by atoms with Crippen molar-refractivity contribution in [1.29, 1.82) is 0 Å². The predicted octanol–water partition coefficient (Wildman–Crippen LogP) is 5.13. The first-order valence-electron chi connectivity index (χ1n) is 7.92. The first-order chi connectivity index (χ1) is 11.6. The zero-order chi connectivity index (χ0) is 16.7. The van der Waals surface area contributed by atoms with Crippen molar-refractivity contribution in [2.75, 3.05) is 0 Å². The Morgan fingerprint density at radius 2 is 1.64 bits per heavy atom. The lowest BCUT2D eigenvalue weighted by atomic mass is 9.90. The maximum Gasteiger partial charge on any atom is 0.364 e. The van der Waals surface area contributed by atoms with E-state index < -0.39 is 0 Å². The quantitative estimate of drug-likeness (QED) is 0.528. The Kier molecular flexibility index (Phi) is 4.55. The molecule has 0 saturated carbocycles. The molecule has 3 aromatic rings. The average Bonchev–Trinajstić information content (AvgIpc) is 2.56. The molecular formula is C20H18ClO4+. The molecule has 4 rings (SSSR count). The van der Waals surface area contributed by atoms with Crippen molar-refractivity contribution in [3.8, 4) is 17.2 Å². The first-order valence-corrected chi connectivity index (χ1v) is 7.92. The van der Waals surface area contributed by atoms with Crippen molar-refractivity contribution in [3.63, 3.8) is 0 Å². The van der Waals surface area contributed by atoms with Crippen LogP contribution in [0.15, 0.2) is 46.9 Å². The number of benzene rings is 2. The fraction of sp³-hybridized carbons (Fsp3) is 0.150. The minimum Gasteiger partial charge on any atom is -0.508 e. The number of aromatic hydroxyl groups is 3. The number of halogens is 1. The molecule has 0 unspecified atom stereocenters. The van der Waals surface area contributed by atoms with Gasteiger partial charge in [0.05, 0.1) is 22.6 Å². The highest BCUT2D eigenvalue weighted by Crippen LogP contribution is 2.37. The van der Waals surface area contributed by atoms with Crippen LogP contribution in [0, 0.1) is 0 Å². The number of phenolic OH excluding ortho intramolecular Hbond substituents is 3. The van der Waals surface area contributed by atoms with Crippen LogP contribution in [0.1, 0.15) is 29.7 Å². The third-order valence-electron chi connectivity index (χ3n) is 4.36. The van der Waals surface area contributed by atoms with Gasteiger partial charge in [0, 0.05) is 11.6 Å². The van der Waals surface area contributed by atoms with Crippen molar-refractivity contribution >= 4 is 35.0 Å². The molecule has 5 heteroatoms. The molecule has 3 N–H and O–H groups in total. The van der Waals surface area contributed by atoms with Gasteiger partial charge in [-0.05, 0) is 55.7 Å². The molecule has 0 fully saturated rings. The Hall–Kier alpha value is -2.72. The van der Waals surface area contributed by atoms with E-state index in [1.54, 1.807) is 24.3 Å². The molecule has 0 aliphatic heterocycles. The lowest BCUT2D eigenvalue weighted by molar-refractivity contribution is 0.450.